The third-order valence-corrected chi connectivity index (χ3v) is 2.97. The summed E-state index contributed by atoms with van der Waals surface area (Å²) in [5.41, 5.74) is 1.78. The number of hydrogen-bond acceptors (Lipinski definition) is 6. The number of carbonyl (C=O) groups excluding carboxylic acids is 2. The molecule has 0 saturated heterocycles. The molecule has 7 heteroatoms. The van der Waals surface area contributed by atoms with Gasteiger partial charge in [-0.3, -0.25) is 9.89 Å². The Morgan fingerprint density at radius 1 is 1.26 bits per heavy atom. The number of carbonyl (C=O) groups is 2. The minimum Gasteiger partial charge on any atom is -0.476 e. The number of nitrogens with zero attached hydrogens (tertiary/aromatic N) is 1. The fourth-order valence-corrected chi connectivity index (χ4v) is 1.75. The Morgan fingerprint density at radius 3 is 2.70 bits per heavy atom. The number of aromatic nitrogens is 2. The molecule has 7 nitrogen and oxygen atoms in total. The zero-order valence-corrected chi connectivity index (χ0v) is 12.9. The number of esters is 1. The first-order valence-electron chi connectivity index (χ1n) is 7.22. The summed E-state index contributed by atoms with van der Waals surface area (Å²) in [6, 6.07) is 11.4. The van der Waals surface area contributed by atoms with Crippen LogP contribution in [0.1, 0.15) is 13.8 Å². The summed E-state index contributed by atoms with van der Waals surface area (Å²) in [5.74, 6) is -0.974. The maximum atomic E-state index is 11.6. The van der Waals surface area contributed by atoms with E-state index in [2.05, 4.69) is 19.7 Å². The summed E-state index contributed by atoms with van der Waals surface area (Å²) in [4.78, 5) is 22.7. The number of ether oxygens (including phenoxy) is 3. The van der Waals surface area contributed by atoms with Crippen molar-refractivity contribution in [3.05, 3.63) is 36.4 Å². The van der Waals surface area contributed by atoms with Gasteiger partial charge in [0.15, 0.2) is 0 Å². The van der Waals surface area contributed by atoms with Gasteiger partial charge in [-0.1, -0.05) is 30.3 Å². The topological polar surface area (TPSA) is 90.5 Å². The Hall–Kier alpha value is -2.83. The van der Waals surface area contributed by atoms with Crippen molar-refractivity contribution in [1.29, 1.82) is 0 Å². The third kappa shape index (κ3) is 4.84. The van der Waals surface area contributed by atoms with Gasteiger partial charge in [0.2, 0.25) is 5.88 Å². The molecule has 1 atom stereocenters. The molecule has 1 unspecified atom stereocenters. The van der Waals surface area contributed by atoms with Crippen LogP contribution in [0.4, 0.5) is 4.79 Å². The lowest BCUT2D eigenvalue weighted by atomic mass is 10.2. The van der Waals surface area contributed by atoms with E-state index in [-0.39, 0.29) is 13.2 Å². The quantitative estimate of drug-likeness (QED) is 0.650. The highest BCUT2D eigenvalue weighted by Gasteiger charge is 2.20. The van der Waals surface area contributed by atoms with Crippen LogP contribution in [-0.2, 0) is 14.3 Å². The second kappa shape index (κ2) is 7.98. The van der Waals surface area contributed by atoms with Gasteiger partial charge < -0.3 is 14.2 Å². The number of H-pyrrole nitrogens is 1. The molecule has 23 heavy (non-hydrogen) atoms. The molecule has 0 fully saturated rings. The lowest BCUT2D eigenvalue weighted by Gasteiger charge is -2.09. The molecule has 2 rings (SSSR count). The van der Waals surface area contributed by atoms with Crippen molar-refractivity contribution in [3.63, 3.8) is 0 Å². The highest BCUT2D eigenvalue weighted by Crippen LogP contribution is 2.20. The van der Waals surface area contributed by atoms with Crippen molar-refractivity contribution in [2.45, 2.75) is 13.8 Å². The van der Waals surface area contributed by atoms with E-state index in [1.54, 1.807) is 19.9 Å². The average Bonchev–Trinajstić information content (AvgIpc) is 3.02. The molecule has 0 bridgehead atoms. The van der Waals surface area contributed by atoms with Crippen LogP contribution in [0, 0.1) is 5.92 Å². The number of hydrogen-bond donors (Lipinski definition) is 1. The molecule has 0 aliphatic heterocycles. The van der Waals surface area contributed by atoms with Crippen molar-refractivity contribution < 1.29 is 23.8 Å². The Morgan fingerprint density at radius 2 is 2.00 bits per heavy atom. The van der Waals surface area contributed by atoms with Crippen LogP contribution in [0.5, 0.6) is 5.88 Å². The van der Waals surface area contributed by atoms with Crippen LogP contribution < -0.4 is 4.74 Å². The molecule has 2 aromatic rings. The van der Waals surface area contributed by atoms with E-state index in [9.17, 15) is 9.59 Å². The fraction of sp³-hybridized carbons (Fsp3) is 0.312. The zero-order valence-electron chi connectivity index (χ0n) is 12.9. The van der Waals surface area contributed by atoms with E-state index < -0.39 is 18.0 Å². The van der Waals surface area contributed by atoms with Gasteiger partial charge >= 0.3 is 12.1 Å². The van der Waals surface area contributed by atoms with Crippen LogP contribution in [0.15, 0.2) is 36.4 Å². The first-order valence-corrected chi connectivity index (χ1v) is 7.22. The van der Waals surface area contributed by atoms with Crippen LogP contribution in [0.25, 0.3) is 11.3 Å². The molecule has 0 radical (unpaired) electrons. The molecule has 1 aromatic heterocycles. The van der Waals surface area contributed by atoms with Gasteiger partial charge in [0.1, 0.15) is 6.61 Å². The van der Waals surface area contributed by atoms with Crippen molar-refractivity contribution in [2.24, 2.45) is 5.92 Å². The Kier molecular flexibility index (Phi) is 5.74. The zero-order chi connectivity index (χ0) is 16.7. The maximum Gasteiger partial charge on any atom is 0.516 e. The predicted molar refractivity (Wildman–Crippen MR) is 81.8 cm³/mol. The third-order valence-electron chi connectivity index (χ3n) is 2.97. The SMILES string of the molecule is CCOC(=O)OC(=O)C(C)COc1cc(-c2ccccc2)[nH]n1. The molecule has 0 saturated carbocycles. The molecule has 122 valence electrons. The molecular formula is C16H18N2O5. The number of nitrogens with one attached hydrogen (secondary N) is 1. The lowest BCUT2D eigenvalue weighted by molar-refractivity contribution is -0.144. The number of benzene rings is 1. The summed E-state index contributed by atoms with van der Waals surface area (Å²) in [6.45, 7) is 3.40. The van der Waals surface area contributed by atoms with Crippen LogP contribution >= 0.6 is 0 Å². The number of aromatic amines is 1. The van der Waals surface area contributed by atoms with Gasteiger partial charge in [0.25, 0.3) is 0 Å². The fourth-order valence-electron chi connectivity index (χ4n) is 1.75. The van der Waals surface area contributed by atoms with E-state index in [4.69, 9.17) is 4.74 Å². The van der Waals surface area contributed by atoms with Crippen molar-refractivity contribution >= 4 is 12.1 Å². The standard InChI is InChI=1S/C16H18N2O5/c1-3-21-16(20)23-15(19)11(2)10-22-14-9-13(17-18-14)12-7-5-4-6-8-12/h4-9,11H,3,10H2,1-2H3,(H,17,18). The van der Waals surface area contributed by atoms with Gasteiger partial charge in [-0.05, 0) is 19.4 Å². The highest BCUT2D eigenvalue weighted by molar-refractivity contribution is 5.83. The van der Waals surface area contributed by atoms with Gasteiger partial charge in [-0.15, -0.1) is 5.10 Å². The highest BCUT2D eigenvalue weighted by atomic mass is 16.7. The predicted octanol–water partition coefficient (Wildman–Crippen LogP) is 2.79. The minimum absolute atomic E-state index is 0.0390. The summed E-state index contributed by atoms with van der Waals surface area (Å²) < 4.78 is 14.5. The molecule has 0 amide bonds. The summed E-state index contributed by atoms with van der Waals surface area (Å²) in [7, 11) is 0. The maximum absolute atomic E-state index is 11.6. The van der Waals surface area contributed by atoms with Crippen molar-refractivity contribution in [1.82, 2.24) is 10.2 Å². The summed E-state index contributed by atoms with van der Waals surface area (Å²) in [5, 5.41) is 6.88. The van der Waals surface area contributed by atoms with E-state index in [0.717, 1.165) is 11.3 Å². The van der Waals surface area contributed by atoms with Crippen LogP contribution in [0.3, 0.4) is 0 Å². The average molecular weight is 318 g/mol. The molecule has 1 N–H and O–H groups in total. The van der Waals surface area contributed by atoms with Gasteiger partial charge in [0, 0.05) is 6.07 Å². The number of rotatable bonds is 6. The van der Waals surface area contributed by atoms with Gasteiger partial charge in [-0.2, -0.15) is 0 Å². The molecule has 0 aliphatic carbocycles. The summed E-state index contributed by atoms with van der Waals surface area (Å²) in [6.07, 6.45) is -1.00. The van der Waals surface area contributed by atoms with E-state index >= 15 is 0 Å². The Bertz CT molecular complexity index is 654. The van der Waals surface area contributed by atoms with Crippen LogP contribution in [0.2, 0.25) is 0 Å². The van der Waals surface area contributed by atoms with Crippen molar-refractivity contribution in [2.75, 3.05) is 13.2 Å². The largest absolute Gasteiger partial charge is 0.516 e. The molecular weight excluding hydrogens is 300 g/mol. The first-order chi connectivity index (χ1) is 11.1. The molecule has 0 aliphatic rings. The molecule has 1 heterocycles. The van der Waals surface area contributed by atoms with Gasteiger partial charge in [-0.25, -0.2) is 4.79 Å². The molecule has 0 spiro atoms. The van der Waals surface area contributed by atoms with E-state index in [1.165, 1.54) is 0 Å². The Balaban J connectivity index is 1.85. The van der Waals surface area contributed by atoms with Gasteiger partial charge in [0.05, 0.1) is 18.2 Å². The smallest absolute Gasteiger partial charge is 0.476 e. The lowest BCUT2D eigenvalue weighted by Crippen LogP contribution is -2.24. The van der Waals surface area contributed by atoms with Crippen molar-refractivity contribution in [3.8, 4) is 17.1 Å². The summed E-state index contributed by atoms with van der Waals surface area (Å²) >= 11 is 0. The normalized spacial score (nSPS) is 11.6. The second-order valence-corrected chi connectivity index (χ2v) is 4.80. The first kappa shape index (κ1) is 16.5. The van der Waals surface area contributed by atoms with E-state index in [0.29, 0.717) is 5.88 Å². The van der Waals surface area contributed by atoms with E-state index in [1.807, 2.05) is 30.3 Å². The van der Waals surface area contributed by atoms with Crippen LogP contribution in [-0.4, -0.2) is 35.5 Å². The monoisotopic (exact) mass is 318 g/mol. The second-order valence-electron chi connectivity index (χ2n) is 4.80. The Labute approximate surface area is 133 Å². The minimum atomic E-state index is -1.00. The molecule has 1 aromatic carbocycles.